The van der Waals surface area contributed by atoms with Crippen molar-refractivity contribution in [1.82, 2.24) is 5.32 Å². The topological polar surface area (TPSA) is 78.5 Å². The van der Waals surface area contributed by atoms with E-state index in [2.05, 4.69) is 5.32 Å². The monoisotopic (exact) mass is 256 g/mol. The van der Waals surface area contributed by atoms with Crippen LogP contribution in [0, 0.1) is 0 Å². The molecule has 0 fully saturated rings. The molecule has 1 aliphatic rings. The van der Waals surface area contributed by atoms with Gasteiger partial charge in [-0.2, -0.15) is 0 Å². The number of hydrogen-bond acceptors (Lipinski definition) is 4. The van der Waals surface area contributed by atoms with Crippen LogP contribution in [0.25, 0.3) is 0 Å². The second-order valence-corrected chi connectivity index (χ2v) is 4.89. The highest BCUT2D eigenvalue weighted by Crippen LogP contribution is 2.35. The molecule has 1 aliphatic heterocycles. The first-order chi connectivity index (χ1) is 9.15. The maximum absolute atomic E-state index is 9.63. The first-order valence-corrected chi connectivity index (χ1v) is 6.26. The molecule has 0 radical (unpaired) electrons. The molecular weight excluding hydrogens is 240 g/mol. The molecule has 2 aromatic carbocycles. The van der Waals surface area contributed by atoms with Gasteiger partial charge >= 0.3 is 0 Å². The maximum atomic E-state index is 9.63. The van der Waals surface area contributed by atoms with Gasteiger partial charge in [0.25, 0.3) is 0 Å². The van der Waals surface area contributed by atoms with Gasteiger partial charge in [0.15, 0.2) is 11.5 Å². The molecule has 2 aromatic rings. The van der Waals surface area contributed by atoms with E-state index >= 15 is 0 Å². The molecule has 3 rings (SSSR count). The van der Waals surface area contributed by atoms with Crippen molar-refractivity contribution in [3.8, 4) is 11.5 Å². The summed E-state index contributed by atoms with van der Waals surface area (Å²) in [6, 6.07) is 10.9. The molecule has 0 amide bonds. The number of fused-ring (bicyclic) bond motifs is 1. The summed E-state index contributed by atoms with van der Waals surface area (Å²) < 4.78 is 0. The summed E-state index contributed by atoms with van der Waals surface area (Å²) in [6.45, 7) is 1.61. The summed E-state index contributed by atoms with van der Waals surface area (Å²) in [7, 11) is 0. The van der Waals surface area contributed by atoms with Gasteiger partial charge in [-0.25, -0.2) is 0 Å². The molecule has 4 heteroatoms. The SMILES string of the molecule is Nc1ccc2c(c1)CNCC2c1ccc(O)c(O)c1. The Hall–Kier alpha value is -2.20. The van der Waals surface area contributed by atoms with Gasteiger partial charge < -0.3 is 21.3 Å². The Kier molecular flexibility index (Phi) is 2.80. The van der Waals surface area contributed by atoms with Crippen LogP contribution in [-0.4, -0.2) is 16.8 Å². The van der Waals surface area contributed by atoms with E-state index in [0.717, 1.165) is 24.3 Å². The molecule has 0 aliphatic carbocycles. The lowest BCUT2D eigenvalue weighted by Crippen LogP contribution is -2.28. The van der Waals surface area contributed by atoms with Gasteiger partial charge in [-0.3, -0.25) is 0 Å². The summed E-state index contributed by atoms with van der Waals surface area (Å²) in [4.78, 5) is 0. The van der Waals surface area contributed by atoms with Crippen LogP contribution < -0.4 is 11.1 Å². The van der Waals surface area contributed by atoms with Crippen molar-refractivity contribution in [2.45, 2.75) is 12.5 Å². The number of phenolic OH excluding ortho intramolecular Hbond substituents is 2. The lowest BCUT2D eigenvalue weighted by atomic mass is 9.85. The third-order valence-corrected chi connectivity index (χ3v) is 3.61. The third-order valence-electron chi connectivity index (χ3n) is 3.61. The fraction of sp³-hybridized carbons (Fsp3) is 0.200. The van der Waals surface area contributed by atoms with E-state index in [9.17, 15) is 10.2 Å². The van der Waals surface area contributed by atoms with Gasteiger partial charge in [-0.15, -0.1) is 0 Å². The minimum atomic E-state index is -0.0925. The first kappa shape index (κ1) is 11.9. The van der Waals surface area contributed by atoms with E-state index < -0.39 is 0 Å². The summed E-state index contributed by atoms with van der Waals surface area (Å²) in [5, 5.41) is 22.4. The van der Waals surface area contributed by atoms with Crippen molar-refractivity contribution in [3.63, 3.8) is 0 Å². The molecular formula is C15H16N2O2. The number of benzene rings is 2. The lowest BCUT2D eigenvalue weighted by molar-refractivity contribution is 0.402. The number of rotatable bonds is 1. The van der Waals surface area contributed by atoms with Gasteiger partial charge in [-0.1, -0.05) is 12.1 Å². The minimum absolute atomic E-state index is 0.0833. The van der Waals surface area contributed by atoms with Crippen LogP contribution in [0.3, 0.4) is 0 Å². The first-order valence-electron chi connectivity index (χ1n) is 6.26. The molecule has 19 heavy (non-hydrogen) atoms. The zero-order valence-electron chi connectivity index (χ0n) is 10.4. The predicted molar refractivity (Wildman–Crippen MR) is 74.2 cm³/mol. The lowest BCUT2D eigenvalue weighted by Gasteiger charge is -2.27. The fourth-order valence-corrected chi connectivity index (χ4v) is 2.63. The van der Waals surface area contributed by atoms with Crippen molar-refractivity contribution in [2.75, 3.05) is 12.3 Å². The number of hydrogen-bond donors (Lipinski definition) is 4. The Morgan fingerprint density at radius 1 is 1.05 bits per heavy atom. The van der Waals surface area contributed by atoms with E-state index in [1.165, 1.54) is 17.2 Å². The fourth-order valence-electron chi connectivity index (χ4n) is 2.63. The van der Waals surface area contributed by atoms with Crippen LogP contribution >= 0.6 is 0 Å². The van der Waals surface area contributed by atoms with E-state index in [-0.39, 0.29) is 17.4 Å². The smallest absolute Gasteiger partial charge is 0.157 e. The Labute approximate surface area is 111 Å². The van der Waals surface area contributed by atoms with Gasteiger partial charge in [0.2, 0.25) is 0 Å². The van der Waals surface area contributed by atoms with Crippen LogP contribution in [0.2, 0.25) is 0 Å². The van der Waals surface area contributed by atoms with E-state index in [1.54, 1.807) is 6.07 Å². The highest BCUT2D eigenvalue weighted by Gasteiger charge is 2.22. The summed E-state index contributed by atoms with van der Waals surface area (Å²) in [5.74, 6) is -0.0130. The quantitative estimate of drug-likeness (QED) is 0.464. The van der Waals surface area contributed by atoms with Gasteiger partial charge in [0.1, 0.15) is 0 Å². The second-order valence-electron chi connectivity index (χ2n) is 4.89. The average Bonchev–Trinajstić information content (AvgIpc) is 2.41. The van der Waals surface area contributed by atoms with Crippen LogP contribution in [-0.2, 0) is 6.54 Å². The molecule has 0 saturated carbocycles. The van der Waals surface area contributed by atoms with Crippen LogP contribution in [0.1, 0.15) is 22.6 Å². The van der Waals surface area contributed by atoms with E-state index in [0.29, 0.717) is 0 Å². The molecule has 0 saturated heterocycles. The zero-order chi connectivity index (χ0) is 13.4. The number of aromatic hydroxyl groups is 2. The predicted octanol–water partition coefficient (Wildman–Crippen LogP) is 1.92. The van der Waals surface area contributed by atoms with E-state index in [4.69, 9.17) is 5.73 Å². The Morgan fingerprint density at radius 2 is 1.89 bits per heavy atom. The summed E-state index contributed by atoms with van der Waals surface area (Å²) in [6.07, 6.45) is 0. The highest BCUT2D eigenvalue weighted by molar-refractivity contribution is 5.51. The molecule has 98 valence electrons. The second kappa shape index (κ2) is 4.48. The number of anilines is 1. The summed E-state index contributed by atoms with van der Waals surface area (Å²) >= 11 is 0. The van der Waals surface area contributed by atoms with Crippen molar-refractivity contribution >= 4 is 5.69 Å². The minimum Gasteiger partial charge on any atom is -0.504 e. The maximum Gasteiger partial charge on any atom is 0.157 e. The molecule has 0 spiro atoms. The normalized spacial score (nSPS) is 18.0. The van der Waals surface area contributed by atoms with Crippen molar-refractivity contribution in [3.05, 3.63) is 53.1 Å². The van der Waals surface area contributed by atoms with Crippen LogP contribution in [0.4, 0.5) is 5.69 Å². The Bertz CT molecular complexity index is 626. The standard InChI is InChI=1S/C15H16N2O2/c16-11-2-3-12-10(5-11)7-17-8-13(12)9-1-4-14(18)15(19)6-9/h1-6,13,17-19H,7-8,16H2. The molecule has 0 bridgehead atoms. The largest absolute Gasteiger partial charge is 0.504 e. The average molecular weight is 256 g/mol. The van der Waals surface area contributed by atoms with Crippen LogP contribution in [0.15, 0.2) is 36.4 Å². The van der Waals surface area contributed by atoms with Gasteiger partial charge in [0, 0.05) is 24.7 Å². The zero-order valence-corrected chi connectivity index (χ0v) is 10.4. The van der Waals surface area contributed by atoms with Gasteiger partial charge in [-0.05, 0) is 41.0 Å². The van der Waals surface area contributed by atoms with Crippen molar-refractivity contribution in [2.24, 2.45) is 0 Å². The highest BCUT2D eigenvalue weighted by atomic mass is 16.3. The van der Waals surface area contributed by atoms with E-state index in [1.807, 2.05) is 24.3 Å². The number of nitrogens with one attached hydrogen (secondary N) is 1. The van der Waals surface area contributed by atoms with Crippen molar-refractivity contribution < 1.29 is 10.2 Å². The Morgan fingerprint density at radius 3 is 2.68 bits per heavy atom. The number of nitrogens with two attached hydrogens (primary N) is 1. The number of nitrogen functional groups attached to an aromatic ring is 1. The molecule has 1 atom stereocenters. The molecule has 4 nitrogen and oxygen atoms in total. The van der Waals surface area contributed by atoms with Crippen LogP contribution in [0.5, 0.6) is 11.5 Å². The third kappa shape index (κ3) is 2.11. The summed E-state index contributed by atoms with van der Waals surface area (Å²) in [5.41, 5.74) is 9.95. The molecule has 0 aromatic heterocycles. The van der Waals surface area contributed by atoms with Gasteiger partial charge in [0.05, 0.1) is 0 Å². The Balaban J connectivity index is 2.05. The molecule has 1 heterocycles. The molecule has 5 N–H and O–H groups in total. The van der Waals surface area contributed by atoms with Crippen molar-refractivity contribution in [1.29, 1.82) is 0 Å². The number of phenols is 2. The molecule has 1 unspecified atom stereocenters.